The maximum atomic E-state index is 10.9. The summed E-state index contributed by atoms with van der Waals surface area (Å²) in [4.78, 5) is 21.8. The number of ether oxygens (including phenoxy) is 3. The molecule has 7 heteroatoms. The van der Waals surface area contributed by atoms with E-state index in [0.717, 1.165) is 26.6 Å². The Morgan fingerprint density at radius 1 is 1.18 bits per heavy atom. The molecule has 1 saturated heterocycles. The van der Waals surface area contributed by atoms with Gasteiger partial charge in [-0.25, -0.2) is 0 Å². The van der Waals surface area contributed by atoms with Crippen LogP contribution in [0.5, 0.6) is 5.75 Å². The predicted octanol–water partition coefficient (Wildman–Crippen LogP) is 3.81. The van der Waals surface area contributed by atoms with Crippen molar-refractivity contribution in [3.05, 3.63) is 26.2 Å². The number of carbonyl (C=O) groups excluding carboxylic acids is 2. The van der Waals surface area contributed by atoms with Gasteiger partial charge in [-0.05, 0) is 53.6 Å². The van der Waals surface area contributed by atoms with Crippen molar-refractivity contribution in [2.45, 2.75) is 37.9 Å². The van der Waals surface area contributed by atoms with Crippen molar-refractivity contribution in [1.82, 2.24) is 0 Å². The van der Waals surface area contributed by atoms with E-state index in [9.17, 15) is 9.59 Å². The average Bonchev–Trinajstić information content (AvgIpc) is 2.88. The van der Waals surface area contributed by atoms with Crippen molar-refractivity contribution in [2.75, 3.05) is 7.11 Å². The fourth-order valence-corrected chi connectivity index (χ4v) is 3.27. The zero-order chi connectivity index (χ0) is 16.2. The average molecular weight is 483 g/mol. The summed E-state index contributed by atoms with van der Waals surface area (Å²) in [6.45, 7) is 0. The van der Waals surface area contributed by atoms with Crippen molar-refractivity contribution < 1.29 is 23.8 Å². The molecular formula is C15H16BrIO5. The fraction of sp³-hybridized carbons (Fsp3) is 0.467. The first-order valence-corrected chi connectivity index (χ1v) is 8.74. The molecule has 3 rings (SSSR count). The Morgan fingerprint density at radius 2 is 1.77 bits per heavy atom. The number of hydrogen-bond donors (Lipinski definition) is 0. The molecule has 120 valence electrons. The second kappa shape index (κ2) is 7.63. The second-order valence-electron chi connectivity index (χ2n) is 5.02. The molecule has 1 saturated carbocycles. The van der Waals surface area contributed by atoms with Crippen LogP contribution in [0.2, 0.25) is 0 Å². The van der Waals surface area contributed by atoms with Crippen LogP contribution in [0.25, 0.3) is 0 Å². The quantitative estimate of drug-likeness (QED) is 0.346. The summed E-state index contributed by atoms with van der Waals surface area (Å²) in [5.74, 6) is -0.872. The summed E-state index contributed by atoms with van der Waals surface area (Å²) in [6.07, 6.45) is 3.00. The zero-order valence-electron chi connectivity index (χ0n) is 12.1. The lowest BCUT2D eigenvalue weighted by molar-refractivity contribution is -0.241. The minimum atomic E-state index is -0.883. The molecule has 5 nitrogen and oxygen atoms in total. The van der Waals surface area contributed by atoms with E-state index in [1.165, 1.54) is 0 Å². The molecule has 1 aromatic carbocycles. The van der Waals surface area contributed by atoms with Gasteiger partial charge in [-0.3, -0.25) is 9.59 Å². The lowest BCUT2D eigenvalue weighted by Gasteiger charge is -2.31. The van der Waals surface area contributed by atoms with Gasteiger partial charge in [-0.15, -0.1) is 0 Å². The highest BCUT2D eigenvalue weighted by atomic mass is 127. The van der Waals surface area contributed by atoms with Crippen molar-refractivity contribution in [1.29, 1.82) is 0 Å². The fourth-order valence-electron chi connectivity index (χ4n) is 2.38. The molecule has 1 heterocycles. The Morgan fingerprint density at radius 3 is 2.27 bits per heavy atom. The lowest BCUT2D eigenvalue weighted by atomic mass is 10.2. The van der Waals surface area contributed by atoms with Crippen LogP contribution >= 0.6 is 38.5 Å². The molecule has 1 aliphatic heterocycles. The summed E-state index contributed by atoms with van der Waals surface area (Å²) in [6, 6.07) is 5.94. The van der Waals surface area contributed by atoms with E-state index < -0.39 is 17.7 Å². The Labute approximate surface area is 151 Å². The topological polar surface area (TPSA) is 61.8 Å². The highest BCUT2D eigenvalue weighted by Gasteiger charge is 2.45. The van der Waals surface area contributed by atoms with Crippen LogP contribution in [0.15, 0.2) is 22.7 Å². The first-order chi connectivity index (χ1) is 10.4. The van der Waals surface area contributed by atoms with Gasteiger partial charge in [0.2, 0.25) is 0 Å². The van der Waals surface area contributed by atoms with Crippen LogP contribution in [0, 0.1) is 3.57 Å². The molecule has 2 fully saturated rings. The Balaban J connectivity index is 0.000000164. The van der Waals surface area contributed by atoms with E-state index in [-0.39, 0.29) is 6.42 Å². The zero-order valence-corrected chi connectivity index (χ0v) is 15.8. The number of hydrogen-bond acceptors (Lipinski definition) is 5. The molecule has 1 spiro atoms. The van der Waals surface area contributed by atoms with E-state index in [4.69, 9.17) is 14.2 Å². The van der Waals surface area contributed by atoms with E-state index in [1.807, 2.05) is 18.2 Å². The number of esters is 2. The van der Waals surface area contributed by atoms with Crippen LogP contribution in [-0.4, -0.2) is 24.8 Å². The van der Waals surface area contributed by atoms with Gasteiger partial charge in [0.05, 0.1) is 10.7 Å². The van der Waals surface area contributed by atoms with E-state index in [0.29, 0.717) is 12.8 Å². The second-order valence-corrected chi connectivity index (χ2v) is 7.10. The molecule has 0 aromatic heterocycles. The van der Waals surface area contributed by atoms with Gasteiger partial charge < -0.3 is 14.2 Å². The Hall–Kier alpha value is -0.830. The van der Waals surface area contributed by atoms with Crippen molar-refractivity contribution >= 4 is 50.5 Å². The third kappa shape index (κ3) is 4.58. The van der Waals surface area contributed by atoms with Gasteiger partial charge >= 0.3 is 11.9 Å². The summed E-state index contributed by atoms with van der Waals surface area (Å²) in [7, 11) is 1.67. The van der Waals surface area contributed by atoms with Crippen LogP contribution in [0.1, 0.15) is 32.1 Å². The highest BCUT2D eigenvalue weighted by Crippen LogP contribution is 2.37. The lowest BCUT2D eigenvalue weighted by Crippen LogP contribution is -2.42. The molecule has 0 unspecified atom stereocenters. The van der Waals surface area contributed by atoms with Crippen LogP contribution < -0.4 is 4.74 Å². The molecule has 0 atom stereocenters. The Kier molecular flexibility index (Phi) is 6.08. The van der Waals surface area contributed by atoms with E-state index in [2.05, 4.69) is 38.5 Å². The predicted molar refractivity (Wildman–Crippen MR) is 91.4 cm³/mol. The SMILES string of the molecule is COc1cc(Br)ccc1I.O=C1CC(=O)OC2(CCCC2)O1. The van der Waals surface area contributed by atoms with Crippen molar-refractivity contribution in [3.8, 4) is 5.75 Å². The number of rotatable bonds is 1. The maximum absolute atomic E-state index is 10.9. The smallest absolute Gasteiger partial charge is 0.320 e. The number of carbonyl (C=O) groups is 2. The van der Waals surface area contributed by atoms with E-state index in [1.54, 1.807) is 7.11 Å². The van der Waals surface area contributed by atoms with Crippen LogP contribution in [-0.2, 0) is 19.1 Å². The van der Waals surface area contributed by atoms with Crippen molar-refractivity contribution in [2.24, 2.45) is 0 Å². The largest absolute Gasteiger partial charge is 0.496 e. The number of halogens is 2. The van der Waals surface area contributed by atoms with Crippen LogP contribution in [0.3, 0.4) is 0 Å². The van der Waals surface area contributed by atoms with Gasteiger partial charge in [-0.2, -0.15) is 0 Å². The Bertz CT molecular complexity index is 551. The minimum Gasteiger partial charge on any atom is -0.496 e. The van der Waals surface area contributed by atoms with Crippen molar-refractivity contribution in [3.63, 3.8) is 0 Å². The molecule has 0 bridgehead atoms. The van der Waals surface area contributed by atoms with Gasteiger partial charge in [0.1, 0.15) is 12.2 Å². The standard InChI is InChI=1S/C8H10O4.C7H6BrIO/c9-6-5-7(10)12-8(11-6)3-1-2-4-8;1-10-7-4-5(8)2-3-6(7)9/h1-5H2;2-4H,1H3. The van der Waals surface area contributed by atoms with Crippen LogP contribution in [0.4, 0.5) is 0 Å². The molecule has 2 aliphatic rings. The third-order valence-corrected chi connectivity index (χ3v) is 4.75. The third-order valence-electron chi connectivity index (χ3n) is 3.37. The van der Waals surface area contributed by atoms with Gasteiger partial charge in [0.15, 0.2) is 0 Å². The highest BCUT2D eigenvalue weighted by molar-refractivity contribution is 14.1. The van der Waals surface area contributed by atoms with Gasteiger partial charge in [-0.1, -0.05) is 15.9 Å². The summed E-state index contributed by atoms with van der Waals surface area (Å²) < 4.78 is 17.3. The number of benzene rings is 1. The first kappa shape index (κ1) is 17.5. The summed E-state index contributed by atoms with van der Waals surface area (Å²) >= 11 is 5.58. The molecular weight excluding hydrogens is 467 g/mol. The molecule has 1 aromatic rings. The monoisotopic (exact) mass is 482 g/mol. The molecule has 0 N–H and O–H groups in total. The van der Waals surface area contributed by atoms with Gasteiger partial charge in [0, 0.05) is 17.3 Å². The molecule has 0 radical (unpaired) electrons. The summed E-state index contributed by atoms with van der Waals surface area (Å²) in [5.41, 5.74) is 0. The molecule has 22 heavy (non-hydrogen) atoms. The van der Waals surface area contributed by atoms with Gasteiger partial charge in [0.25, 0.3) is 5.79 Å². The minimum absolute atomic E-state index is 0.234. The maximum Gasteiger partial charge on any atom is 0.320 e. The first-order valence-electron chi connectivity index (χ1n) is 6.87. The summed E-state index contributed by atoms with van der Waals surface area (Å²) in [5, 5.41) is 0. The van der Waals surface area contributed by atoms with E-state index >= 15 is 0 Å². The molecule has 1 aliphatic carbocycles. The normalized spacial score (nSPS) is 19.0. The number of methoxy groups -OCH3 is 1. The molecule has 0 amide bonds.